The first-order chi connectivity index (χ1) is 17.1. The van der Waals surface area contributed by atoms with Crippen LogP contribution < -0.4 is 29.6 Å². The second-order valence-electron chi connectivity index (χ2n) is 9.13. The van der Waals surface area contributed by atoms with Crippen LogP contribution in [0.2, 0.25) is 0 Å². The number of hydrogen-bond donors (Lipinski definition) is 3. The molecule has 9 nitrogen and oxygen atoms in total. The van der Waals surface area contributed by atoms with Crippen LogP contribution in [0.4, 0.5) is 0 Å². The molecule has 0 aromatic heterocycles. The molecular formula is C26H57NaO9S. The van der Waals surface area contributed by atoms with Crippen molar-refractivity contribution in [3.8, 4) is 0 Å². The van der Waals surface area contributed by atoms with Gasteiger partial charge < -0.3 is 43.2 Å². The summed E-state index contributed by atoms with van der Waals surface area (Å²) in [5, 5.41) is 18.1. The van der Waals surface area contributed by atoms with Gasteiger partial charge in [-0.15, -0.1) is 0 Å². The predicted octanol–water partition coefficient (Wildman–Crippen LogP) is 1.04. The Morgan fingerprint density at radius 1 is 0.541 bits per heavy atom. The normalized spacial score (nSPS) is 15.6. The molecule has 2 N–H and O–H groups in total. The molecule has 0 aromatic carbocycles. The van der Waals surface area contributed by atoms with Crippen LogP contribution in [0.3, 0.4) is 0 Å². The molecular weight excluding hydrogens is 511 g/mol. The third kappa shape index (κ3) is 41.6. The van der Waals surface area contributed by atoms with E-state index < -0.39 is 12.2 Å². The topological polar surface area (TPSA) is 119 Å². The average Bonchev–Trinajstić information content (AvgIpc) is 2.85. The van der Waals surface area contributed by atoms with Crippen molar-refractivity contribution in [3.63, 3.8) is 0 Å². The second-order valence-corrected chi connectivity index (χ2v) is 9.13. The summed E-state index contributed by atoms with van der Waals surface area (Å²) in [6.45, 7) is 20.2. The standard InChI is InChI=1S/2C13H28O4.Na.H2OS/c2*1-5-6-7-15-9-12(3)17-10-13(4)16-8-11(2)14;;1-2/h2*11-14H,5-10H2,1-4H3;;1-2H/q;;+1;/p-1. The molecule has 0 saturated heterocycles. The Kier molecular flexibility index (Phi) is 42.6. The number of unbranched alkanes of at least 4 members (excludes halogenated alkanes) is 2. The van der Waals surface area contributed by atoms with Gasteiger partial charge in [-0.1, -0.05) is 26.7 Å². The van der Waals surface area contributed by atoms with Crippen molar-refractivity contribution >= 4 is 12.9 Å². The monoisotopic (exact) mass is 568 g/mol. The van der Waals surface area contributed by atoms with Crippen LogP contribution >= 0.6 is 12.9 Å². The minimum atomic E-state index is -0.424. The van der Waals surface area contributed by atoms with Gasteiger partial charge >= 0.3 is 29.6 Å². The van der Waals surface area contributed by atoms with Crippen molar-refractivity contribution in [2.45, 2.75) is 118 Å². The van der Waals surface area contributed by atoms with Gasteiger partial charge in [0.05, 0.1) is 76.3 Å². The maximum Gasteiger partial charge on any atom is 1.00 e. The maximum atomic E-state index is 9.06. The summed E-state index contributed by atoms with van der Waals surface area (Å²) in [7, 11) is 0. The van der Waals surface area contributed by atoms with Gasteiger partial charge in [0.25, 0.3) is 0 Å². The summed E-state index contributed by atoms with van der Waals surface area (Å²) in [6.07, 6.45) is 3.83. The van der Waals surface area contributed by atoms with E-state index in [9.17, 15) is 0 Å². The Balaban J connectivity index is -0.000000269. The minimum absolute atomic E-state index is 0. The van der Waals surface area contributed by atoms with Gasteiger partial charge in [-0.3, -0.25) is 12.9 Å². The molecule has 11 heteroatoms. The Morgan fingerprint density at radius 3 is 1.08 bits per heavy atom. The van der Waals surface area contributed by atoms with E-state index in [4.69, 9.17) is 43.2 Å². The Labute approximate surface area is 255 Å². The Morgan fingerprint density at radius 2 is 0.811 bits per heavy atom. The van der Waals surface area contributed by atoms with Gasteiger partial charge in [-0.05, 0) is 54.4 Å². The molecule has 0 aliphatic carbocycles. The van der Waals surface area contributed by atoms with E-state index in [1.54, 1.807) is 13.8 Å². The molecule has 6 unspecified atom stereocenters. The first-order valence-electron chi connectivity index (χ1n) is 13.3. The van der Waals surface area contributed by atoms with Gasteiger partial charge in [0.15, 0.2) is 0 Å². The molecule has 0 bridgehead atoms. The largest absolute Gasteiger partial charge is 1.00 e. The molecule has 0 radical (unpaired) electrons. The third-order valence-electron chi connectivity index (χ3n) is 4.46. The van der Waals surface area contributed by atoms with Gasteiger partial charge in [0, 0.05) is 13.2 Å². The predicted molar refractivity (Wildman–Crippen MR) is 146 cm³/mol. The van der Waals surface area contributed by atoms with Crippen molar-refractivity contribution < 1.29 is 72.7 Å². The summed E-state index contributed by atoms with van der Waals surface area (Å²) in [5.41, 5.74) is 0. The van der Waals surface area contributed by atoms with E-state index in [1.807, 2.05) is 27.7 Å². The minimum Gasteiger partial charge on any atom is -0.802 e. The zero-order valence-electron chi connectivity index (χ0n) is 25.1. The van der Waals surface area contributed by atoms with Crippen LogP contribution in [-0.2, 0) is 28.4 Å². The van der Waals surface area contributed by atoms with E-state index in [1.165, 1.54) is 0 Å². The summed E-state index contributed by atoms with van der Waals surface area (Å²) in [5.74, 6) is 0. The smallest absolute Gasteiger partial charge is 0.802 e. The molecule has 0 spiro atoms. The molecule has 0 amide bonds. The molecule has 37 heavy (non-hydrogen) atoms. The van der Waals surface area contributed by atoms with Crippen LogP contribution in [0, 0.1) is 0 Å². The number of hydrogen-bond acceptors (Lipinski definition) is 10. The second kappa shape index (κ2) is 35.0. The van der Waals surface area contributed by atoms with Crippen LogP contribution in [0.25, 0.3) is 0 Å². The van der Waals surface area contributed by atoms with Crippen molar-refractivity contribution in [2.75, 3.05) is 52.9 Å². The van der Waals surface area contributed by atoms with Crippen molar-refractivity contribution in [2.24, 2.45) is 0 Å². The SMILES string of the molecule is CCCCOCC(C)OCC(C)OCC(C)O.CCCCOCC(C)OCC(C)OCC(C)O.[Na+].[O-]S. The summed E-state index contributed by atoms with van der Waals surface area (Å²) >= 11 is 2.28. The van der Waals surface area contributed by atoms with Gasteiger partial charge in [-0.2, -0.15) is 0 Å². The molecule has 6 atom stereocenters. The van der Waals surface area contributed by atoms with Crippen LogP contribution in [0.15, 0.2) is 0 Å². The number of ether oxygens (including phenoxy) is 6. The van der Waals surface area contributed by atoms with Crippen LogP contribution in [0.1, 0.15) is 81.1 Å². The zero-order valence-corrected chi connectivity index (χ0v) is 28.0. The molecule has 0 aliphatic heterocycles. The van der Waals surface area contributed by atoms with E-state index in [0.29, 0.717) is 39.6 Å². The number of rotatable bonds is 22. The van der Waals surface area contributed by atoms with Crippen LogP contribution in [-0.4, -0.2) is 104 Å². The fraction of sp³-hybridized carbons (Fsp3) is 1.00. The average molecular weight is 569 g/mol. The number of aliphatic hydroxyl groups excluding tert-OH is 2. The fourth-order valence-electron chi connectivity index (χ4n) is 2.39. The first-order valence-corrected chi connectivity index (χ1v) is 13.6. The van der Waals surface area contributed by atoms with Gasteiger partial charge in [0.2, 0.25) is 0 Å². The van der Waals surface area contributed by atoms with E-state index >= 15 is 0 Å². The van der Waals surface area contributed by atoms with Gasteiger partial charge in [-0.25, -0.2) is 0 Å². The third-order valence-corrected chi connectivity index (χ3v) is 4.46. The molecule has 0 aromatic rings. The Bertz CT molecular complexity index is 374. The van der Waals surface area contributed by atoms with E-state index in [2.05, 4.69) is 26.8 Å². The van der Waals surface area contributed by atoms with E-state index in [0.717, 1.165) is 38.9 Å². The quantitative estimate of drug-likeness (QED) is 0.0762. The molecule has 0 rings (SSSR count). The summed E-state index contributed by atoms with van der Waals surface area (Å²) < 4.78 is 40.8. The van der Waals surface area contributed by atoms with Gasteiger partial charge in [0.1, 0.15) is 0 Å². The Hall–Kier alpha value is 0.990. The first kappa shape index (κ1) is 45.0. The van der Waals surface area contributed by atoms with Crippen molar-refractivity contribution in [1.82, 2.24) is 0 Å². The van der Waals surface area contributed by atoms with Crippen molar-refractivity contribution in [3.05, 3.63) is 0 Å². The zero-order chi connectivity index (χ0) is 28.2. The maximum absolute atomic E-state index is 9.06. The molecule has 0 saturated carbocycles. The molecule has 0 aliphatic rings. The number of aliphatic hydroxyl groups is 2. The van der Waals surface area contributed by atoms with Crippen molar-refractivity contribution in [1.29, 1.82) is 0 Å². The number of thiol groups is 1. The molecule has 0 fully saturated rings. The fourth-order valence-corrected chi connectivity index (χ4v) is 2.39. The molecule has 222 valence electrons. The summed E-state index contributed by atoms with van der Waals surface area (Å²) in [6, 6.07) is 0. The van der Waals surface area contributed by atoms with Crippen LogP contribution in [0.5, 0.6) is 0 Å². The summed E-state index contributed by atoms with van der Waals surface area (Å²) in [4.78, 5) is 0. The molecule has 0 heterocycles. The van der Waals surface area contributed by atoms with E-state index in [-0.39, 0.29) is 54.0 Å².